The van der Waals surface area contributed by atoms with Crippen molar-refractivity contribution in [3.8, 4) is 0 Å². The van der Waals surface area contributed by atoms with E-state index in [0.29, 0.717) is 12.4 Å². The summed E-state index contributed by atoms with van der Waals surface area (Å²) >= 11 is 0. The molecule has 1 fully saturated rings. The van der Waals surface area contributed by atoms with Gasteiger partial charge in [0.25, 0.3) is 10.0 Å². The van der Waals surface area contributed by atoms with Crippen LogP contribution in [0.4, 0.5) is 10.1 Å². The molecule has 1 spiro atoms. The highest BCUT2D eigenvalue weighted by Crippen LogP contribution is 2.52. The first-order chi connectivity index (χ1) is 11.3. The highest BCUT2D eigenvalue weighted by molar-refractivity contribution is 7.92. The fraction of sp³-hybridized carbons (Fsp3) is 0.471. The molecular formula is C17H20FN3O2S. The van der Waals surface area contributed by atoms with Gasteiger partial charge in [0.2, 0.25) is 0 Å². The van der Waals surface area contributed by atoms with E-state index in [1.807, 2.05) is 6.07 Å². The average molecular weight is 349 g/mol. The number of hydrogen-bond donors (Lipinski definition) is 0. The van der Waals surface area contributed by atoms with Crippen LogP contribution in [0.25, 0.3) is 0 Å². The molecule has 7 heteroatoms. The van der Waals surface area contributed by atoms with E-state index in [9.17, 15) is 12.8 Å². The number of imidazole rings is 1. The monoisotopic (exact) mass is 349 g/mol. The van der Waals surface area contributed by atoms with Crippen molar-refractivity contribution >= 4 is 15.7 Å². The predicted molar refractivity (Wildman–Crippen MR) is 89.0 cm³/mol. The van der Waals surface area contributed by atoms with Gasteiger partial charge < -0.3 is 4.57 Å². The lowest BCUT2D eigenvalue weighted by molar-refractivity contribution is 0.476. The average Bonchev–Trinajstić information content (AvgIpc) is 3.22. The lowest BCUT2D eigenvalue weighted by atomic mass is 9.81. The molecule has 2 heterocycles. The van der Waals surface area contributed by atoms with Gasteiger partial charge in [0.1, 0.15) is 11.6 Å². The molecule has 2 aliphatic rings. The van der Waals surface area contributed by atoms with Gasteiger partial charge in [0.05, 0.1) is 5.69 Å². The molecular weight excluding hydrogens is 329 g/mol. The van der Waals surface area contributed by atoms with E-state index in [4.69, 9.17) is 0 Å². The number of rotatable bonds is 2. The first kappa shape index (κ1) is 15.6. The number of fused-ring (bicyclic) bond motifs is 2. The molecule has 0 N–H and O–H groups in total. The smallest absolute Gasteiger partial charge is 0.283 e. The molecule has 0 unspecified atom stereocenters. The molecule has 5 nitrogen and oxygen atoms in total. The van der Waals surface area contributed by atoms with Gasteiger partial charge in [-0.1, -0.05) is 25.0 Å². The second-order valence-corrected chi connectivity index (χ2v) is 8.68. The molecule has 1 aliphatic heterocycles. The Morgan fingerprint density at radius 1 is 1.25 bits per heavy atom. The van der Waals surface area contributed by atoms with Crippen molar-refractivity contribution in [3.05, 3.63) is 41.6 Å². The van der Waals surface area contributed by atoms with Crippen molar-refractivity contribution in [3.63, 3.8) is 0 Å². The van der Waals surface area contributed by atoms with Crippen LogP contribution in [0.2, 0.25) is 0 Å². The molecule has 0 bridgehead atoms. The van der Waals surface area contributed by atoms with Crippen LogP contribution in [0.15, 0.2) is 29.4 Å². The molecule has 1 saturated carbocycles. The number of nitrogens with zero attached hydrogens (tertiary/aromatic N) is 3. The Morgan fingerprint density at radius 2 is 1.96 bits per heavy atom. The standard InChI is InChI=1S/C17H20FN3O2S/c1-12-19-15(10-20(12)2)24(22,23)21-11-17(8-3-4-9-17)13-6-5-7-14(18)16(13)21/h5-7,10H,3-4,8-9,11H2,1-2H3. The molecule has 0 amide bonds. The maximum atomic E-state index is 14.6. The van der Waals surface area contributed by atoms with Gasteiger partial charge in [0.15, 0.2) is 5.03 Å². The van der Waals surface area contributed by atoms with E-state index < -0.39 is 15.8 Å². The van der Waals surface area contributed by atoms with E-state index >= 15 is 0 Å². The van der Waals surface area contributed by atoms with Crippen molar-refractivity contribution in [2.75, 3.05) is 10.8 Å². The predicted octanol–water partition coefficient (Wildman–Crippen LogP) is 2.89. The minimum absolute atomic E-state index is 0.0215. The van der Waals surface area contributed by atoms with E-state index in [0.717, 1.165) is 31.2 Å². The van der Waals surface area contributed by atoms with Crippen LogP contribution in [0.5, 0.6) is 0 Å². The Morgan fingerprint density at radius 3 is 2.58 bits per heavy atom. The van der Waals surface area contributed by atoms with Crippen LogP contribution in [0, 0.1) is 12.7 Å². The summed E-state index contributed by atoms with van der Waals surface area (Å²) in [4.78, 5) is 4.16. The number of anilines is 1. The fourth-order valence-corrected chi connectivity index (χ4v) is 5.69. The maximum absolute atomic E-state index is 14.6. The summed E-state index contributed by atoms with van der Waals surface area (Å²) in [6.07, 6.45) is 5.39. The van der Waals surface area contributed by atoms with Crippen molar-refractivity contribution < 1.29 is 12.8 Å². The molecule has 1 aromatic carbocycles. The summed E-state index contributed by atoms with van der Waals surface area (Å²) in [5.74, 6) is 0.129. The lowest BCUT2D eigenvalue weighted by Crippen LogP contribution is -2.36. The Bertz CT molecular complexity index is 894. The zero-order valence-corrected chi connectivity index (χ0v) is 14.6. The maximum Gasteiger partial charge on any atom is 0.283 e. The van der Waals surface area contributed by atoms with Crippen molar-refractivity contribution in [1.29, 1.82) is 0 Å². The number of para-hydroxylation sites is 1. The molecule has 4 rings (SSSR count). The van der Waals surface area contributed by atoms with Gasteiger partial charge in [-0.05, 0) is 31.4 Å². The number of hydrogen-bond acceptors (Lipinski definition) is 3. The summed E-state index contributed by atoms with van der Waals surface area (Å²) in [7, 11) is -2.13. The number of aromatic nitrogens is 2. The second kappa shape index (κ2) is 5.05. The Hall–Kier alpha value is -1.89. The lowest BCUT2D eigenvalue weighted by Gasteiger charge is -2.24. The van der Waals surface area contributed by atoms with E-state index in [2.05, 4.69) is 4.98 Å². The van der Waals surface area contributed by atoms with Gasteiger partial charge in [-0.25, -0.2) is 9.37 Å². The number of aryl methyl sites for hydroxylation is 2. The quantitative estimate of drug-likeness (QED) is 0.838. The number of sulfonamides is 1. The third-order valence-electron chi connectivity index (χ3n) is 5.46. The largest absolute Gasteiger partial charge is 0.337 e. The van der Waals surface area contributed by atoms with E-state index in [1.165, 1.54) is 16.6 Å². The van der Waals surface area contributed by atoms with Crippen LogP contribution >= 0.6 is 0 Å². The molecule has 2 aromatic rings. The van der Waals surface area contributed by atoms with Gasteiger partial charge in [-0.3, -0.25) is 4.31 Å². The zero-order chi connectivity index (χ0) is 17.1. The summed E-state index contributed by atoms with van der Waals surface area (Å²) < 4.78 is 43.8. The van der Waals surface area contributed by atoms with Gasteiger partial charge in [-0.2, -0.15) is 8.42 Å². The molecule has 0 atom stereocenters. The Kier molecular flexibility index (Phi) is 3.29. The topological polar surface area (TPSA) is 55.2 Å². The van der Waals surface area contributed by atoms with Crippen LogP contribution < -0.4 is 4.31 Å². The van der Waals surface area contributed by atoms with Gasteiger partial charge in [-0.15, -0.1) is 0 Å². The number of halogens is 1. The summed E-state index contributed by atoms with van der Waals surface area (Å²) in [6.45, 7) is 2.05. The first-order valence-corrected chi connectivity index (χ1v) is 9.61. The molecule has 0 radical (unpaired) electrons. The van der Waals surface area contributed by atoms with Crippen LogP contribution in [-0.2, 0) is 22.5 Å². The summed E-state index contributed by atoms with van der Waals surface area (Å²) in [5, 5.41) is -0.0215. The fourth-order valence-electron chi connectivity index (χ4n) is 4.08. The van der Waals surface area contributed by atoms with Crippen LogP contribution in [0.3, 0.4) is 0 Å². The molecule has 24 heavy (non-hydrogen) atoms. The van der Waals surface area contributed by atoms with Gasteiger partial charge in [0, 0.05) is 25.2 Å². The number of benzene rings is 1. The summed E-state index contributed by atoms with van der Waals surface area (Å²) in [5.41, 5.74) is 0.785. The van der Waals surface area contributed by atoms with E-state index in [1.54, 1.807) is 24.6 Å². The normalized spacial score (nSPS) is 19.2. The van der Waals surface area contributed by atoms with Crippen LogP contribution in [0.1, 0.15) is 37.1 Å². The van der Waals surface area contributed by atoms with Crippen molar-refractivity contribution in [1.82, 2.24) is 9.55 Å². The van der Waals surface area contributed by atoms with Crippen LogP contribution in [-0.4, -0.2) is 24.5 Å². The Balaban J connectivity index is 1.88. The summed E-state index contributed by atoms with van der Waals surface area (Å²) in [6, 6.07) is 4.89. The molecule has 0 saturated heterocycles. The third-order valence-corrected chi connectivity index (χ3v) is 7.07. The molecule has 1 aliphatic carbocycles. The molecule has 1 aromatic heterocycles. The highest BCUT2D eigenvalue weighted by atomic mass is 32.2. The first-order valence-electron chi connectivity index (χ1n) is 8.17. The Labute approximate surface area is 141 Å². The van der Waals surface area contributed by atoms with Crippen molar-refractivity contribution in [2.24, 2.45) is 7.05 Å². The molecule has 128 valence electrons. The minimum atomic E-state index is -3.88. The highest BCUT2D eigenvalue weighted by Gasteiger charge is 2.49. The van der Waals surface area contributed by atoms with E-state index in [-0.39, 0.29) is 16.1 Å². The van der Waals surface area contributed by atoms with Crippen molar-refractivity contribution in [2.45, 2.75) is 43.0 Å². The van der Waals surface area contributed by atoms with Gasteiger partial charge >= 0.3 is 0 Å². The SMILES string of the molecule is Cc1nc(S(=O)(=O)N2CC3(CCCC3)c3cccc(F)c32)cn1C. The third kappa shape index (κ3) is 2.03. The minimum Gasteiger partial charge on any atom is -0.337 e. The second-order valence-electron chi connectivity index (χ2n) is 6.87. The zero-order valence-electron chi connectivity index (χ0n) is 13.8.